The van der Waals surface area contributed by atoms with Crippen LogP contribution in [-0.4, -0.2) is 36.6 Å². The molecule has 1 aliphatic rings. The number of nitro benzene ring substituents is 1. The number of aryl methyl sites for hydroxylation is 3. The zero-order valence-electron chi connectivity index (χ0n) is 17.5. The van der Waals surface area contributed by atoms with Gasteiger partial charge in [0, 0.05) is 30.1 Å². The normalized spacial score (nSPS) is 15.6. The van der Waals surface area contributed by atoms with E-state index in [4.69, 9.17) is 11.6 Å². The molecule has 0 unspecified atom stereocenters. The third kappa shape index (κ3) is 4.89. The minimum atomic E-state index is -3.67. The zero-order chi connectivity index (χ0) is 22.9. The summed E-state index contributed by atoms with van der Waals surface area (Å²) >= 11 is 5.81. The molecule has 0 saturated carbocycles. The smallest absolute Gasteiger partial charge is 0.294 e. The van der Waals surface area contributed by atoms with Gasteiger partial charge in [-0.2, -0.15) is 4.31 Å². The maximum Gasteiger partial charge on any atom is 0.294 e. The molecule has 0 aromatic heterocycles. The van der Waals surface area contributed by atoms with Crippen LogP contribution in [0.4, 0.5) is 11.4 Å². The van der Waals surface area contributed by atoms with Crippen molar-refractivity contribution in [2.24, 2.45) is 5.92 Å². The molecule has 166 valence electrons. The average Bonchev–Trinajstić information content (AvgIpc) is 2.68. The number of nitro groups is 1. The summed E-state index contributed by atoms with van der Waals surface area (Å²) in [6, 6.07) is 7.73. The molecule has 31 heavy (non-hydrogen) atoms. The average molecular weight is 466 g/mol. The molecule has 0 radical (unpaired) electrons. The fourth-order valence-electron chi connectivity index (χ4n) is 4.06. The first-order valence-corrected chi connectivity index (χ1v) is 11.7. The van der Waals surface area contributed by atoms with Crippen LogP contribution in [0.2, 0.25) is 5.02 Å². The number of halogens is 1. The number of amides is 1. The van der Waals surface area contributed by atoms with E-state index in [2.05, 4.69) is 5.32 Å². The number of sulfonamides is 1. The summed E-state index contributed by atoms with van der Waals surface area (Å²) < 4.78 is 27.8. The largest absolute Gasteiger partial charge is 0.320 e. The second-order valence-electron chi connectivity index (χ2n) is 7.81. The Labute approximate surface area is 186 Å². The number of nitrogens with zero attached hydrogens (tertiary/aromatic N) is 2. The lowest BCUT2D eigenvalue weighted by molar-refractivity contribution is -0.383. The number of carbonyl (C=O) groups is 1. The van der Waals surface area contributed by atoms with Crippen LogP contribution in [0.1, 0.15) is 29.5 Å². The fourth-order valence-corrected chi connectivity index (χ4v) is 6.11. The van der Waals surface area contributed by atoms with Crippen molar-refractivity contribution in [1.82, 2.24) is 4.31 Å². The summed E-state index contributed by atoms with van der Waals surface area (Å²) in [5, 5.41) is 14.0. The van der Waals surface area contributed by atoms with E-state index in [1.165, 1.54) is 22.5 Å². The molecule has 8 nitrogen and oxygen atoms in total. The highest BCUT2D eigenvalue weighted by Crippen LogP contribution is 2.31. The summed E-state index contributed by atoms with van der Waals surface area (Å²) in [6.45, 7) is 5.90. The van der Waals surface area contributed by atoms with Gasteiger partial charge in [0.15, 0.2) is 0 Å². The quantitative estimate of drug-likeness (QED) is 0.525. The van der Waals surface area contributed by atoms with Crippen LogP contribution in [0, 0.1) is 36.8 Å². The zero-order valence-corrected chi connectivity index (χ0v) is 19.1. The van der Waals surface area contributed by atoms with Crippen molar-refractivity contribution < 1.29 is 18.1 Å². The van der Waals surface area contributed by atoms with Gasteiger partial charge in [0.25, 0.3) is 5.69 Å². The monoisotopic (exact) mass is 465 g/mol. The van der Waals surface area contributed by atoms with Gasteiger partial charge < -0.3 is 5.32 Å². The van der Waals surface area contributed by atoms with E-state index in [1.54, 1.807) is 13.8 Å². The Bertz CT molecular complexity index is 1120. The van der Waals surface area contributed by atoms with Gasteiger partial charge in [-0.3, -0.25) is 14.9 Å². The maximum absolute atomic E-state index is 13.2. The summed E-state index contributed by atoms with van der Waals surface area (Å²) in [5.74, 6) is -0.813. The van der Waals surface area contributed by atoms with E-state index in [0.29, 0.717) is 28.9 Å². The summed E-state index contributed by atoms with van der Waals surface area (Å²) in [7, 11) is -3.67. The lowest BCUT2D eigenvalue weighted by Crippen LogP contribution is -2.41. The van der Waals surface area contributed by atoms with Gasteiger partial charge in [-0.15, -0.1) is 0 Å². The van der Waals surface area contributed by atoms with Crippen molar-refractivity contribution in [3.63, 3.8) is 0 Å². The lowest BCUT2D eigenvalue weighted by atomic mass is 9.97. The standard InChI is InChI=1S/C21H24ClN3O5S/c1-13-10-14(2)20(15(3)11-13)31(29,30)24-8-6-16(7-9-24)21(26)23-18-5-4-17(22)12-19(18)25(27)28/h4-5,10-12,16H,6-9H2,1-3H3,(H,23,26). The Kier molecular flexibility index (Phi) is 6.68. The second-order valence-corrected chi connectivity index (χ2v) is 10.1. The molecule has 1 aliphatic heterocycles. The number of hydrogen-bond donors (Lipinski definition) is 1. The fraction of sp³-hybridized carbons (Fsp3) is 0.381. The van der Waals surface area contributed by atoms with Crippen molar-refractivity contribution in [3.8, 4) is 0 Å². The van der Waals surface area contributed by atoms with Gasteiger partial charge in [-0.1, -0.05) is 29.3 Å². The summed E-state index contributed by atoms with van der Waals surface area (Å²) in [5.41, 5.74) is 2.19. The lowest BCUT2D eigenvalue weighted by Gasteiger charge is -2.31. The molecule has 1 saturated heterocycles. The molecule has 0 bridgehead atoms. The highest BCUT2D eigenvalue weighted by molar-refractivity contribution is 7.89. The Morgan fingerprint density at radius 3 is 2.26 bits per heavy atom. The third-order valence-electron chi connectivity index (χ3n) is 5.44. The van der Waals surface area contributed by atoms with Gasteiger partial charge in [0.2, 0.25) is 15.9 Å². The number of nitrogens with one attached hydrogen (secondary N) is 1. The maximum atomic E-state index is 13.2. The van der Waals surface area contributed by atoms with Crippen LogP contribution in [0.15, 0.2) is 35.2 Å². The Hall–Kier alpha value is -2.49. The first-order valence-electron chi connectivity index (χ1n) is 9.83. The van der Waals surface area contributed by atoms with Crippen LogP contribution in [0.3, 0.4) is 0 Å². The molecule has 1 heterocycles. The molecule has 2 aromatic carbocycles. The molecule has 0 spiro atoms. The van der Waals surface area contributed by atoms with Crippen LogP contribution in [0.5, 0.6) is 0 Å². The predicted octanol–water partition coefficient (Wildman–Crippen LogP) is 4.21. The van der Waals surface area contributed by atoms with Gasteiger partial charge in [-0.25, -0.2) is 8.42 Å². The van der Waals surface area contributed by atoms with Gasteiger partial charge in [-0.05, 0) is 56.9 Å². The topological polar surface area (TPSA) is 110 Å². The highest BCUT2D eigenvalue weighted by atomic mass is 35.5. The van der Waals surface area contributed by atoms with Crippen LogP contribution >= 0.6 is 11.6 Å². The number of carbonyl (C=O) groups excluding carboxylic acids is 1. The minimum absolute atomic E-state index is 0.0698. The Morgan fingerprint density at radius 2 is 1.71 bits per heavy atom. The summed E-state index contributed by atoms with van der Waals surface area (Å²) in [4.78, 5) is 23.6. The molecule has 0 atom stereocenters. The van der Waals surface area contributed by atoms with Crippen LogP contribution in [0.25, 0.3) is 0 Å². The van der Waals surface area contributed by atoms with Crippen molar-refractivity contribution >= 4 is 38.9 Å². The van der Waals surface area contributed by atoms with Gasteiger partial charge >= 0.3 is 0 Å². The van der Waals surface area contributed by atoms with Gasteiger partial charge in [0.1, 0.15) is 5.69 Å². The number of benzene rings is 2. The van der Waals surface area contributed by atoms with E-state index < -0.39 is 20.9 Å². The van der Waals surface area contributed by atoms with Crippen LogP contribution < -0.4 is 5.32 Å². The molecule has 1 N–H and O–H groups in total. The molecule has 1 fully saturated rings. The van der Waals surface area contributed by atoms with E-state index >= 15 is 0 Å². The van der Waals surface area contributed by atoms with Crippen molar-refractivity contribution in [2.75, 3.05) is 18.4 Å². The molecule has 1 amide bonds. The molecule has 10 heteroatoms. The van der Waals surface area contributed by atoms with E-state index in [9.17, 15) is 23.3 Å². The first kappa shape index (κ1) is 23.2. The molecular formula is C21H24ClN3O5S. The van der Waals surface area contributed by atoms with Crippen molar-refractivity contribution in [3.05, 3.63) is 62.2 Å². The first-order chi connectivity index (χ1) is 14.5. The van der Waals surface area contributed by atoms with Crippen molar-refractivity contribution in [1.29, 1.82) is 0 Å². The van der Waals surface area contributed by atoms with Gasteiger partial charge in [0.05, 0.1) is 9.82 Å². The number of anilines is 1. The van der Waals surface area contributed by atoms with Crippen LogP contribution in [-0.2, 0) is 14.8 Å². The SMILES string of the molecule is Cc1cc(C)c(S(=O)(=O)N2CCC(C(=O)Nc3ccc(Cl)cc3[N+](=O)[O-])CC2)c(C)c1. The minimum Gasteiger partial charge on any atom is -0.320 e. The number of piperidine rings is 1. The number of hydrogen-bond acceptors (Lipinski definition) is 5. The molecular weight excluding hydrogens is 442 g/mol. The van der Waals surface area contributed by atoms with Crippen molar-refractivity contribution in [2.45, 2.75) is 38.5 Å². The highest BCUT2D eigenvalue weighted by Gasteiger charge is 2.34. The number of rotatable bonds is 5. The Morgan fingerprint density at radius 1 is 1.13 bits per heavy atom. The van der Waals surface area contributed by atoms with E-state index in [0.717, 1.165) is 5.56 Å². The van der Waals surface area contributed by atoms with E-state index in [-0.39, 0.29) is 35.4 Å². The second kappa shape index (κ2) is 8.94. The molecule has 2 aromatic rings. The van der Waals surface area contributed by atoms with E-state index in [1.807, 2.05) is 19.1 Å². The molecule has 0 aliphatic carbocycles. The Balaban J connectivity index is 1.71. The third-order valence-corrected chi connectivity index (χ3v) is 7.88. The summed E-state index contributed by atoms with van der Waals surface area (Å²) in [6.07, 6.45) is 0.660. The predicted molar refractivity (Wildman–Crippen MR) is 119 cm³/mol. The molecule has 3 rings (SSSR count).